The summed E-state index contributed by atoms with van der Waals surface area (Å²) >= 11 is 0. The Morgan fingerprint density at radius 1 is 0.545 bits per heavy atom. The zero-order chi connectivity index (χ0) is 25.5. The summed E-state index contributed by atoms with van der Waals surface area (Å²) in [6.07, 6.45) is -5.68. The third-order valence-corrected chi connectivity index (χ3v) is 5.29. The van der Waals surface area contributed by atoms with Crippen molar-refractivity contribution >= 4 is 23.9 Å². The van der Waals surface area contributed by atoms with Gasteiger partial charge in [0.2, 0.25) is 0 Å². The Morgan fingerprint density at radius 2 is 0.848 bits per heavy atom. The first-order chi connectivity index (χ1) is 15.4. The zero-order valence-electron chi connectivity index (χ0n) is 19.9. The van der Waals surface area contributed by atoms with Gasteiger partial charge in [0, 0.05) is 23.6 Å². The third-order valence-electron chi connectivity index (χ3n) is 5.29. The molecule has 0 unspecified atom stereocenters. The van der Waals surface area contributed by atoms with Crippen molar-refractivity contribution in [1.82, 2.24) is 0 Å². The molecular formula is C23H32O10. The van der Waals surface area contributed by atoms with E-state index in [4.69, 9.17) is 18.9 Å². The van der Waals surface area contributed by atoms with E-state index in [1.54, 1.807) is 20.8 Å². The van der Waals surface area contributed by atoms with Crippen molar-refractivity contribution in [3.05, 3.63) is 34.9 Å². The monoisotopic (exact) mass is 468 g/mol. The molecule has 1 fully saturated rings. The van der Waals surface area contributed by atoms with Crippen LogP contribution in [0.15, 0.2) is 34.9 Å². The number of esters is 4. The van der Waals surface area contributed by atoms with Gasteiger partial charge in [0.15, 0.2) is 24.4 Å². The lowest BCUT2D eigenvalue weighted by Gasteiger charge is -2.45. The molecule has 0 heterocycles. The summed E-state index contributed by atoms with van der Waals surface area (Å²) in [6.45, 7) is 10.2. The molecule has 0 aromatic carbocycles. The van der Waals surface area contributed by atoms with E-state index in [-0.39, 0.29) is 16.7 Å². The van der Waals surface area contributed by atoms with Crippen molar-refractivity contribution in [2.24, 2.45) is 0 Å². The average Bonchev–Trinajstić information content (AvgIpc) is 2.79. The number of aliphatic hydroxyl groups is 2. The maximum atomic E-state index is 12.5. The first-order valence-electron chi connectivity index (χ1n) is 10.4. The Balaban J connectivity index is 3.51. The minimum atomic E-state index is -1.81. The summed E-state index contributed by atoms with van der Waals surface area (Å²) in [5, 5.41) is 21.8. The quantitative estimate of drug-likeness (QED) is 0.318. The molecule has 10 heteroatoms. The van der Waals surface area contributed by atoms with Gasteiger partial charge < -0.3 is 29.2 Å². The van der Waals surface area contributed by atoms with Crippen LogP contribution in [-0.4, -0.2) is 70.7 Å². The van der Waals surface area contributed by atoms with Crippen molar-refractivity contribution < 1.29 is 48.3 Å². The first kappa shape index (κ1) is 28.1. The second-order valence-electron chi connectivity index (χ2n) is 7.58. The van der Waals surface area contributed by atoms with Gasteiger partial charge in [0.25, 0.3) is 0 Å². The smallest absolute Gasteiger partial charge is 0.333 e. The molecule has 1 aliphatic rings. The van der Waals surface area contributed by atoms with E-state index in [2.05, 4.69) is 0 Å². The summed E-state index contributed by atoms with van der Waals surface area (Å²) in [5.41, 5.74) is 0.562. The normalized spacial score (nSPS) is 28.6. The van der Waals surface area contributed by atoms with Gasteiger partial charge >= 0.3 is 23.9 Å². The van der Waals surface area contributed by atoms with E-state index in [9.17, 15) is 29.4 Å². The van der Waals surface area contributed by atoms with Crippen LogP contribution >= 0.6 is 0 Å². The molecule has 0 aromatic rings. The molecule has 1 aliphatic carbocycles. The van der Waals surface area contributed by atoms with Crippen molar-refractivity contribution in [2.45, 2.75) is 85.1 Å². The Bertz CT molecular complexity index is 853. The number of ether oxygens (including phenoxy) is 4. The fourth-order valence-electron chi connectivity index (χ4n) is 2.89. The van der Waals surface area contributed by atoms with Crippen LogP contribution < -0.4 is 0 Å². The van der Waals surface area contributed by atoms with Gasteiger partial charge in [-0.1, -0.05) is 18.2 Å². The molecule has 0 aliphatic heterocycles. The lowest BCUT2D eigenvalue weighted by atomic mass is 9.84. The molecule has 1 rings (SSSR count). The number of hydrogen-bond donors (Lipinski definition) is 2. The number of carbonyl (C=O) groups is 4. The van der Waals surface area contributed by atoms with Gasteiger partial charge in [-0.25, -0.2) is 14.4 Å². The number of aliphatic hydroxyl groups excluding tert-OH is 2. The van der Waals surface area contributed by atoms with Crippen LogP contribution in [0.3, 0.4) is 0 Å². The molecule has 0 spiro atoms. The number of rotatable bonds is 7. The van der Waals surface area contributed by atoms with E-state index in [0.717, 1.165) is 6.92 Å². The van der Waals surface area contributed by atoms with Crippen LogP contribution in [-0.2, 0) is 38.1 Å². The molecule has 2 N–H and O–H groups in total. The zero-order valence-corrected chi connectivity index (χ0v) is 19.9. The van der Waals surface area contributed by atoms with Crippen LogP contribution in [0.4, 0.5) is 0 Å². The van der Waals surface area contributed by atoms with E-state index < -0.39 is 60.5 Å². The van der Waals surface area contributed by atoms with Crippen molar-refractivity contribution in [3.8, 4) is 0 Å². The van der Waals surface area contributed by atoms with Gasteiger partial charge in [-0.15, -0.1) is 0 Å². The standard InChI is InChI=1S/C23H32O10/c1-8-11(4)21(27)31-17-15(25)18(30-14(7)24)20(33-23(29)13(6)10-3)19(16(17)26)32-22(28)12(5)9-2/h8-10,15-20,25-26H,1-7H3/b11-8?,12-9-,13-10?/t15-,16-,17+,18-,19+,20+/m1/s1. The summed E-state index contributed by atoms with van der Waals surface area (Å²) < 4.78 is 21.2. The summed E-state index contributed by atoms with van der Waals surface area (Å²) in [6, 6.07) is 0. The second-order valence-corrected chi connectivity index (χ2v) is 7.58. The van der Waals surface area contributed by atoms with E-state index >= 15 is 0 Å². The van der Waals surface area contributed by atoms with Crippen LogP contribution in [0, 0.1) is 0 Å². The van der Waals surface area contributed by atoms with E-state index in [1.165, 1.54) is 39.0 Å². The lowest BCUT2D eigenvalue weighted by Crippen LogP contribution is -2.67. The summed E-state index contributed by atoms with van der Waals surface area (Å²) in [5.74, 6) is -3.39. The SMILES string of the molecule is CC=C(C)C(=O)O[C@H]1[C@@H](O)[C@@H](OC(C)=O)[C@H](OC(=O)C(C)=CC)[C@@H](OC(=O)/C(C)=C\C)[C@@H]1O. The predicted octanol–water partition coefficient (Wildman–Crippen LogP) is 1.29. The van der Waals surface area contributed by atoms with Gasteiger partial charge in [-0.05, 0) is 41.5 Å². The lowest BCUT2D eigenvalue weighted by molar-refractivity contribution is -0.249. The van der Waals surface area contributed by atoms with Crippen molar-refractivity contribution in [2.75, 3.05) is 0 Å². The highest BCUT2D eigenvalue weighted by Crippen LogP contribution is 2.32. The molecule has 0 saturated heterocycles. The number of allylic oxidation sites excluding steroid dienone is 3. The average molecular weight is 468 g/mol. The summed E-state index contributed by atoms with van der Waals surface area (Å²) in [7, 11) is 0. The minimum absolute atomic E-state index is 0.186. The van der Waals surface area contributed by atoms with Crippen LogP contribution in [0.5, 0.6) is 0 Å². The highest BCUT2D eigenvalue weighted by atomic mass is 16.6. The highest BCUT2D eigenvalue weighted by Gasteiger charge is 2.57. The minimum Gasteiger partial charge on any atom is -0.455 e. The van der Waals surface area contributed by atoms with E-state index in [1.807, 2.05) is 0 Å². The third kappa shape index (κ3) is 7.00. The van der Waals surface area contributed by atoms with Gasteiger partial charge in [0.1, 0.15) is 12.2 Å². The second kappa shape index (κ2) is 12.3. The molecule has 33 heavy (non-hydrogen) atoms. The topological polar surface area (TPSA) is 146 Å². The van der Waals surface area contributed by atoms with Gasteiger partial charge in [-0.3, -0.25) is 4.79 Å². The Hall–Kier alpha value is -2.98. The Labute approximate surface area is 192 Å². The maximum Gasteiger partial charge on any atom is 0.333 e. The van der Waals surface area contributed by atoms with Crippen molar-refractivity contribution in [1.29, 1.82) is 0 Å². The Morgan fingerprint density at radius 3 is 1.18 bits per heavy atom. The highest BCUT2D eigenvalue weighted by molar-refractivity contribution is 5.89. The fraction of sp³-hybridized carbons (Fsp3) is 0.565. The molecule has 184 valence electrons. The van der Waals surface area contributed by atoms with Crippen LogP contribution in [0.25, 0.3) is 0 Å². The summed E-state index contributed by atoms with van der Waals surface area (Å²) in [4.78, 5) is 49.0. The number of hydrogen-bond acceptors (Lipinski definition) is 10. The molecule has 0 radical (unpaired) electrons. The number of carbonyl (C=O) groups excluding carboxylic acids is 4. The largest absolute Gasteiger partial charge is 0.455 e. The van der Waals surface area contributed by atoms with Gasteiger partial charge in [-0.2, -0.15) is 0 Å². The molecule has 1 saturated carbocycles. The van der Waals surface area contributed by atoms with Crippen LogP contribution in [0.2, 0.25) is 0 Å². The molecule has 0 aromatic heterocycles. The molecule has 6 atom stereocenters. The predicted molar refractivity (Wildman–Crippen MR) is 116 cm³/mol. The molecule has 0 amide bonds. The Kier molecular flexibility index (Phi) is 10.5. The fourth-order valence-corrected chi connectivity index (χ4v) is 2.89. The van der Waals surface area contributed by atoms with E-state index in [0.29, 0.717) is 0 Å². The molecule has 10 nitrogen and oxygen atoms in total. The molecular weight excluding hydrogens is 436 g/mol. The van der Waals surface area contributed by atoms with Gasteiger partial charge in [0.05, 0.1) is 0 Å². The maximum absolute atomic E-state index is 12.5. The first-order valence-corrected chi connectivity index (χ1v) is 10.4. The van der Waals surface area contributed by atoms with Crippen LogP contribution in [0.1, 0.15) is 48.5 Å². The van der Waals surface area contributed by atoms with Crippen molar-refractivity contribution in [3.63, 3.8) is 0 Å². The molecule has 0 bridgehead atoms.